The van der Waals surface area contributed by atoms with Crippen molar-refractivity contribution in [3.8, 4) is 11.3 Å². The fourth-order valence-electron chi connectivity index (χ4n) is 2.80. The number of fused-ring (bicyclic) bond motifs is 1. The second-order valence-electron chi connectivity index (χ2n) is 5.10. The Kier molecular flexibility index (Phi) is 3.11. The van der Waals surface area contributed by atoms with Crippen LogP contribution >= 0.6 is 0 Å². The van der Waals surface area contributed by atoms with Gasteiger partial charge in [-0.15, -0.1) is 0 Å². The number of nitrogens with zero attached hydrogens (tertiary/aromatic N) is 2. The molecule has 0 fully saturated rings. The van der Waals surface area contributed by atoms with Crippen molar-refractivity contribution in [2.75, 3.05) is 0 Å². The smallest absolute Gasteiger partial charge is 0.126 e. The average molecular weight is 259 g/mol. The van der Waals surface area contributed by atoms with Gasteiger partial charge >= 0.3 is 0 Å². The van der Waals surface area contributed by atoms with Gasteiger partial charge in [0.1, 0.15) is 11.6 Å². The van der Waals surface area contributed by atoms with E-state index in [1.54, 1.807) is 13.0 Å². The molecule has 2 N–H and O–H groups in total. The fourth-order valence-corrected chi connectivity index (χ4v) is 2.80. The molecule has 100 valence electrons. The summed E-state index contributed by atoms with van der Waals surface area (Å²) in [7, 11) is 0. The second-order valence-corrected chi connectivity index (χ2v) is 5.10. The highest BCUT2D eigenvalue weighted by Crippen LogP contribution is 2.29. The second kappa shape index (κ2) is 4.78. The third-order valence-electron chi connectivity index (χ3n) is 3.81. The zero-order chi connectivity index (χ0) is 13.4. The van der Waals surface area contributed by atoms with Crippen LogP contribution in [0.15, 0.2) is 18.2 Å². The maximum Gasteiger partial charge on any atom is 0.126 e. The van der Waals surface area contributed by atoms with Gasteiger partial charge in [0.25, 0.3) is 0 Å². The number of nitrogens with two attached hydrogens (primary N) is 1. The van der Waals surface area contributed by atoms with E-state index in [1.165, 1.54) is 24.6 Å². The van der Waals surface area contributed by atoms with Crippen LogP contribution in [0.4, 0.5) is 4.39 Å². The molecule has 0 saturated heterocycles. The van der Waals surface area contributed by atoms with E-state index in [2.05, 4.69) is 9.55 Å². The number of benzene rings is 1. The summed E-state index contributed by atoms with van der Waals surface area (Å²) in [5, 5.41) is 0. The lowest BCUT2D eigenvalue weighted by Crippen LogP contribution is -2.15. The molecule has 0 aliphatic carbocycles. The maximum atomic E-state index is 13.4. The quantitative estimate of drug-likeness (QED) is 0.901. The predicted octanol–water partition coefficient (Wildman–Crippen LogP) is 2.79. The number of halogens is 1. The van der Waals surface area contributed by atoms with Crippen molar-refractivity contribution in [1.29, 1.82) is 0 Å². The minimum atomic E-state index is -0.170. The van der Waals surface area contributed by atoms with Crippen LogP contribution in [0.3, 0.4) is 0 Å². The molecular formula is C15H18FN3. The number of hydrogen-bond donors (Lipinski definition) is 1. The largest absolute Gasteiger partial charge is 0.330 e. The highest BCUT2D eigenvalue weighted by Gasteiger charge is 2.20. The van der Waals surface area contributed by atoms with Crippen LogP contribution in [-0.2, 0) is 19.5 Å². The standard InChI is InChI=1S/C15H18FN3/c1-10-8-11(5-6-12(10)16)15-13-4-2-3-7-19(13)14(9-17)18-15/h5-6,8H,2-4,7,9,17H2,1H3. The van der Waals surface area contributed by atoms with Gasteiger partial charge in [0.15, 0.2) is 0 Å². The van der Waals surface area contributed by atoms with Crippen molar-refractivity contribution in [3.05, 3.63) is 41.1 Å². The Morgan fingerprint density at radius 3 is 2.95 bits per heavy atom. The summed E-state index contributed by atoms with van der Waals surface area (Å²) >= 11 is 0. The minimum absolute atomic E-state index is 0.170. The third-order valence-corrected chi connectivity index (χ3v) is 3.81. The first-order valence-electron chi connectivity index (χ1n) is 6.75. The van der Waals surface area contributed by atoms with Crippen molar-refractivity contribution < 1.29 is 4.39 Å². The fraction of sp³-hybridized carbons (Fsp3) is 0.400. The minimum Gasteiger partial charge on any atom is -0.330 e. The van der Waals surface area contributed by atoms with Gasteiger partial charge in [0.2, 0.25) is 0 Å². The number of imidazole rings is 1. The van der Waals surface area contributed by atoms with Gasteiger partial charge in [-0.2, -0.15) is 0 Å². The lowest BCUT2D eigenvalue weighted by Gasteiger charge is -2.17. The molecular weight excluding hydrogens is 241 g/mol. The van der Waals surface area contributed by atoms with Crippen LogP contribution in [-0.4, -0.2) is 9.55 Å². The molecule has 0 amide bonds. The normalized spacial score (nSPS) is 14.5. The first kappa shape index (κ1) is 12.4. The molecule has 2 heterocycles. The van der Waals surface area contributed by atoms with Crippen LogP contribution < -0.4 is 5.73 Å². The molecule has 2 aromatic rings. The molecule has 1 aromatic heterocycles. The van der Waals surface area contributed by atoms with Gasteiger partial charge < -0.3 is 10.3 Å². The molecule has 1 aliphatic rings. The Balaban J connectivity index is 2.14. The lowest BCUT2D eigenvalue weighted by molar-refractivity contribution is 0.515. The third kappa shape index (κ3) is 2.06. The van der Waals surface area contributed by atoms with E-state index >= 15 is 0 Å². The zero-order valence-corrected chi connectivity index (χ0v) is 11.1. The van der Waals surface area contributed by atoms with Gasteiger partial charge in [-0.05, 0) is 49.9 Å². The molecule has 1 aromatic carbocycles. The zero-order valence-electron chi connectivity index (χ0n) is 11.1. The predicted molar refractivity (Wildman–Crippen MR) is 73.2 cm³/mol. The Hall–Kier alpha value is -1.68. The number of rotatable bonds is 2. The molecule has 0 radical (unpaired) electrons. The number of aromatic nitrogens is 2. The molecule has 0 unspecified atom stereocenters. The van der Waals surface area contributed by atoms with Crippen LogP contribution in [0.1, 0.15) is 29.9 Å². The molecule has 1 aliphatic heterocycles. The molecule has 0 bridgehead atoms. The van der Waals surface area contributed by atoms with Gasteiger partial charge in [-0.1, -0.05) is 0 Å². The molecule has 0 atom stereocenters. The van der Waals surface area contributed by atoms with Gasteiger partial charge in [-0.3, -0.25) is 0 Å². The Bertz CT molecular complexity index is 616. The Morgan fingerprint density at radius 2 is 2.21 bits per heavy atom. The highest BCUT2D eigenvalue weighted by molar-refractivity contribution is 5.63. The number of hydrogen-bond acceptors (Lipinski definition) is 2. The summed E-state index contributed by atoms with van der Waals surface area (Å²) in [6.07, 6.45) is 3.39. The summed E-state index contributed by atoms with van der Waals surface area (Å²) in [6, 6.07) is 5.19. The highest BCUT2D eigenvalue weighted by atomic mass is 19.1. The first-order chi connectivity index (χ1) is 9.20. The summed E-state index contributed by atoms with van der Waals surface area (Å²) in [5.74, 6) is 0.766. The Labute approximate surface area is 112 Å². The Morgan fingerprint density at radius 1 is 1.37 bits per heavy atom. The summed E-state index contributed by atoms with van der Waals surface area (Å²) in [5.41, 5.74) is 9.65. The molecule has 0 saturated carbocycles. The van der Waals surface area contributed by atoms with Crippen LogP contribution in [0.25, 0.3) is 11.3 Å². The van der Waals surface area contributed by atoms with E-state index in [9.17, 15) is 4.39 Å². The molecule has 3 nitrogen and oxygen atoms in total. The summed E-state index contributed by atoms with van der Waals surface area (Å²) in [6.45, 7) is 3.23. The van der Waals surface area contributed by atoms with E-state index in [4.69, 9.17) is 5.73 Å². The molecule has 3 rings (SSSR count). The van der Waals surface area contributed by atoms with Gasteiger partial charge in [0.05, 0.1) is 12.2 Å². The van der Waals surface area contributed by atoms with Crippen LogP contribution in [0.5, 0.6) is 0 Å². The van der Waals surface area contributed by atoms with E-state index in [0.717, 1.165) is 30.0 Å². The van der Waals surface area contributed by atoms with Crippen molar-refractivity contribution in [1.82, 2.24) is 9.55 Å². The van der Waals surface area contributed by atoms with Crippen LogP contribution in [0.2, 0.25) is 0 Å². The average Bonchev–Trinajstić information content (AvgIpc) is 2.81. The van der Waals surface area contributed by atoms with E-state index in [1.807, 2.05) is 6.07 Å². The molecule has 19 heavy (non-hydrogen) atoms. The molecule has 0 spiro atoms. The first-order valence-corrected chi connectivity index (χ1v) is 6.75. The van der Waals surface area contributed by atoms with Gasteiger partial charge in [0, 0.05) is 17.8 Å². The lowest BCUT2D eigenvalue weighted by atomic mass is 10.0. The number of aryl methyl sites for hydroxylation is 1. The van der Waals surface area contributed by atoms with Crippen molar-refractivity contribution in [3.63, 3.8) is 0 Å². The van der Waals surface area contributed by atoms with Crippen molar-refractivity contribution in [2.45, 2.75) is 39.3 Å². The van der Waals surface area contributed by atoms with Gasteiger partial charge in [-0.25, -0.2) is 9.37 Å². The van der Waals surface area contributed by atoms with E-state index in [0.29, 0.717) is 12.1 Å². The monoisotopic (exact) mass is 259 g/mol. The summed E-state index contributed by atoms with van der Waals surface area (Å²) < 4.78 is 15.6. The topological polar surface area (TPSA) is 43.8 Å². The van der Waals surface area contributed by atoms with E-state index in [-0.39, 0.29) is 5.82 Å². The van der Waals surface area contributed by atoms with E-state index < -0.39 is 0 Å². The SMILES string of the molecule is Cc1cc(-c2nc(CN)n3c2CCCC3)ccc1F. The van der Waals surface area contributed by atoms with Crippen molar-refractivity contribution >= 4 is 0 Å². The summed E-state index contributed by atoms with van der Waals surface area (Å²) in [4.78, 5) is 4.67. The molecule has 4 heteroatoms. The van der Waals surface area contributed by atoms with Crippen LogP contribution in [0, 0.1) is 12.7 Å². The van der Waals surface area contributed by atoms with Crippen molar-refractivity contribution in [2.24, 2.45) is 5.73 Å². The maximum absolute atomic E-state index is 13.4.